The first-order valence-corrected chi connectivity index (χ1v) is 14.0. The van der Waals surface area contributed by atoms with E-state index in [0.29, 0.717) is 43.4 Å². The molecular formula is C25H29ClF3N3O6S. The number of aliphatic hydroxyl groups excluding tert-OH is 1. The Morgan fingerprint density at radius 2 is 1.64 bits per heavy atom. The molecule has 0 bridgehead atoms. The number of hydrogen-bond acceptors (Lipinski definition) is 7. The Kier molecular flexibility index (Phi) is 10.7. The van der Waals surface area contributed by atoms with Gasteiger partial charge in [-0.15, -0.1) is 0 Å². The van der Waals surface area contributed by atoms with Gasteiger partial charge < -0.3 is 15.2 Å². The second kappa shape index (κ2) is 13.6. The molecule has 0 unspecified atom stereocenters. The molecule has 9 nitrogen and oxygen atoms in total. The summed E-state index contributed by atoms with van der Waals surface area (Å²) in [5.41, 5.74) is -0.253. The highest BCUT2D eigenvalue weighted by Crippen LogP contribution is 2.30. The highest BCUT2D eigenvalue weighted by molar-refractivity contribution is 7.89. The molecule has 1 saturated carbocycles. The molecule has 1 amide bonds. The SMILES string of the molecule is O=C(N[C@H](COC(=O)[C@H](CO)NCl)c1ccccc1)C1CCC(NS(=O)(=O)c2ccc(C(F)(F)F)cc2)CC1. The Bertz CT molecular complexity index is 1200. The number of carbonyl (C=O) groups excluding carboxylic acids is 2. The molecule has 4 N–H and O–H groups in total. The van der Waals surface area contributed by atoms with Gasteiger partial charge >= 0.3 is 12.1 Å². The number of aliphatic hydroxyl groups is 1. The van der Waals surface area contributed by atoms with Gasteiger partial charge in [0.05, 0.1) is 23.1 Å². The van der Waals surface area contributed by atoms with Gasteiger partial charge in [-0.25, -0.2) is 18.0 Å². The van der Waals surface area contributed by atoms with E-state index in [4.69, 9.17) is 16.5 Å². The van der Waals surface area contributed by atoms with Crippen LogP contribution < -0.4 is 14.9 Å². The summed E-state index contributed by atoms with van der Waals surface area (Å²) in [7, 11) is -4.04. The molecule has 2 aromatic rings. The van der Waals surface area contributed by atoms with E-state index in [1.54, 1.807) is 30.3 Å². The van der Waals surface area contributed by atoms with E-state index >= 15 is 0 Å². The van der Waals surface area contributed by atoms with Gasteiger partial charge in [0, 0.05) is 12.0 Å². The van der Waals surface area contributed by atoms with Crippen molar-refractivity contribution in [3.63, 3.8) is 0 Å². The third-order valence-electron chi connectivity index (χ3n) is 6.42. The normalized spacial score (nSPS) is 19.6. The topological polar surface area (TPSA) is 134 Å². The first-order valence-electron chi connectivity index (χ1n) is 12.1. The molecule has 2 atom stereocenters. The van der Waals surface area contributed by atoms with E-state index in [9.17, 15) is 36.3 Å². The van der Waals surface area contributed by atoms with Crippen molar-refractivity contribution in [2.75, 3.05) is 13.2 Å². The van der Waals surface area contributed by atoms with Gasteiger partial charge in [0.2, 0.25) is 15.9 Å². The smallest absolute Gasteiger partial charge is 0.416 e. The second-order valence-electron chi connectivity index (χ2n) is 9.14. The molecule has 214 valence electrons. The van der Waals surface area contributed by atoms with E-state index in [0.717, 1.165) is 12.1 Å². The molecule has 1 aliphatic rings. The summed E-state index contributed by atoms with van der Waals surface area (Å²) in [6, 6.07) is 9.81. The fourth-order valence-electron chi connectivity index (χ4n) is 4.20. The van der Waals surface area contributed by atoms with Crippen LogP contribution in [0.25, 0.3) is 0 Å². The first kappa shape index (κ1) is 30.8. The maximum absolute atomic E-state index is 13.0. The van der Waals surface area contributed by atoms with Crippen molar-refractivity contribution in [1.82, 2.24) is 14.9 Å². The summed E-state index contributed by atoms with van der Waals surface area (Å²) in [5.74, 6) is -1.50. The number of ether oxygens (including phenoxy) is 1. The first-order chi connectivity index (χ1) is 18.4. The molecule has 39 heavy (non-hydrogen) atoms. The van der Waals surface area contributed by atoms with Gasteiger partial charge in [0.15, 0.2) is 0 Å². The Labute approximate surface area is 229 Å². The number of carbonyl (C=O) groups is 2. The fraction of sp³-hybridized carbons (Fsp3) is 0.440. The van der Waals surface area contributed by atoms with Crippen molar-refractivity contribution in [3.8, 4) is 0 Å². The number of alkyl halides is 3. The number of amides is 1. The molecule has 0 heterocycles. The monoisotopic (exact) mass is 591 g/mol. The van der Waals surface area contributed by atoms with Crippen molar-refractivity contribution in [2.45, 2.75) is 54.9 Å². The van der Waals surface area contributed by atoms with Crippen LogP contribution in [0.2, 0.25) is 0 Å². The second-order valence-corrected chi connectivity index (χ2v) is 11.1. The summed E-state index contributed by atoms with van der Waals surface area (Å²) in [6.07, 6.45) is -3.13. The molecule has 0 saturated heterocycles. The Morgan fingerprint density at radius 1 is 1.03 bits per heavy atom. The molecule has 0 radical (unpaired) electrons. The molecule has 2 aromatic carbocycles. The minimum Gasteiger partial charge on any atom is -0.462 e. The summed E-state index contributed by atoms with van der Waals surface area (Å²) < 4.78 is 71.4. The maximum Gasteiger partial charge on any atom is 0.416 e. The van der Waals surface area contributed by atoms with Crippen LogP contribution in [-0.2, 0) is 30.5 Å². The Morgan fingerprint density at radius 3 is 2.18 bits per heavy atom. The lowest BCUT2D eigenvalue weighted by molar-refractivity contribution is -0.148. The third kappa shape index (κ3) is 8.64. The number of rotatable bonds is 11. The van der Waals surface area contributed by atoms with Crippen LogP contribution >= 0.6 is 11.8 Å². The van der Waals surface area contributed by atoms with Gasteiger partial charge in [-0.2, -0.15) is 13.2 Å². The lowest BCUT2D eigenvalue weighted by Crippen LogP contribution is -2.43. The Balaban J connectivity index is 1.57. The average molecular weight is 592 g/mol. The molecular weight excluding hydrogens is 563 g/mol. The molecule has 3 rings (SSSR count). The van der Waals surface area contributed by atoms with E-state index in [1.165, 1.54) is 0 Å². The van der Waals surface area contributed by atoms with Gasteiger partial charge in [0.1, 0.15) is 12.6 Å². The van der Waals surface area contributed by atoms with Crippen LogP contribution in [0.4, 0.5) is 13.2 Å². The third-order valence-corrected chi connectivity index (χ3v) is 8.22. The lowest BCUT2D eigenvalue weighted by atomic mass is 9.85. The number of nitrogens with one attached hydrogen (secondary N) is 3. The highest BCUT2D eigenvalue weighted by Gasteiger charge is 2.33. The van der Waals surface area contributed by atoms with Crippen LogP contribution in [0.3, 0.4) is 0 Å². The lowest BCUT2D eigenvalue weighted by Gasteiger charge is -2.30. The van der Waals surface area contributed by atoms with Crippen LogP contribution in [0, 0.1) is 5.92 Å². The number of sulfonamides is 1. The number of hydrogen-bond donors (Lipinski definition) is 4. The predicted molar refractivity (Wildman–Crippen MR) is 136 cm³/mol. The summed E-state index contributed by atoms with van der Waals surface area (Å²) in [6.45, 7) is -0.775. The maximum atomic E-state index is 13.0. The zero-order valence-corrected chi connectivity index (χ0v) is 22.2. The number of benzene rings is 2. The number of halogens is 4. The summed E-state index contributed by atoms with van der Waals surface area (Å²) >= 11 is 5.43. The summed E-state index contributed by atoms with van der Waals surface area (Å²) in [5, 5.41) is 12.1. The number of esters is 1. The van der Waals surface area contributed by atoms with Crippen molar-refractivity contribution >= 4 is 33.7 Å². The minimum absolute atomic E-state index is 0.202. The zero-order chi connectivity index (χ0) is 28.6. The van der Waals surface area contributed by atoms with E-state index in [2.05, 4.69) is 14.9 Å². The van der Waals surface area contributed by atoms with E-state index in [-0.39, 0.29) is 17.4 Å². The predicted octanol–water partition coefficient (Wildman–Crippen LogP) is 3.05. The van der Waals surface area contributed by atoms with Crippen molar-refractivity contribution in [2.24, 2.45) is 5.92 Å². The molecule has 0 aromatic heterocycles. The minimum atomic E-state index is -4.57. The molecule has 14 heteroatoms. The van der Waals surface area contributed by atoms with Crippen molar-refractivity contribution in [1.29, 1.82) is 0 Å². The quantitative estimate of drug-likeness (QED) is 0.233. The van der Waals surface area contributed by atoms with Crippen LogP contribution in [0.1, 0.15) is 42.9 Å². The van der Waals surface area contributed by atoms with E-state index < -0.39 is 58.4 Å². The summed E-state index contributed by atoms with van der Waals surface area (Å²) in [4.78, 5) is 27.0. The van der Waals surface area contributed by atoms with Crippen LogP contribution in [0.15, 0.2) is 59.5 Å². The van der Waals surface area contributed by atoms with Crippen LogP contribution in [-0.4, -0.2) is 50.7 Å². The van der Waals surface area contributed by atoms with Gasteiger partial charge in [0.25, 0.3) is 0 Å². The van der Waals surface area contributed by atoms with Gasteiger partial charge in [-0.05, 0) is 67.3 Å². The van der Waals surface area contributed by atoms with Crippen molar-refractivity contribution < 1.29 is 41.0 Å². The zero-order valence-electron chi connectivity index (χ0n) is 20.7. The fourth-order valence-corrected chi connectivity index (χ4v) is 5.66. The largest absolute Gasteiger partial charge is 0.462 e. The highest BCUT2D eigenvalue weighted by atomic mass is 35.5. The molecule has 0 spiro atoms. The Hall–Kier alpha value is -2.71. The van der Waals surface area contributed by atoms with Crippen molar-refractivity contribution in [3.05, 3.63) is 65.7 Å². The molecule has 1 fully saturated rings. The standard InChI is InChI=1S/C25H29ClF3N3O6S/c26-31-21(14-33)24(35)38-15-22(16-4-2-1-3-5-16)30-23(34)17-6-10-19(11-7-17)32-39(36,37)20-12-8-18(9-13-20)25(27,28)29/h1-5,8-9,12-13,17,19,21-22,31-33H,6-7,10-11,14-15H2,(H,30,34)/t17?,19?,21-,22+/m0/s1. The van der Waals surface area contributed by atoms with Gasteiger partial charge in [-0.1, -0.05) is 30.3 Å². The average Bonchev–Trinajstić information content (AvgIpc) is 2.92. The van der Waals surface area contributed by atoms with Crippen LogP contribution in [0.5, 0.6) is 0 Å². The van der Waals surface area contributed by atoms with E-state index in [1.807, 2.05) is 0 Å². The molecule has 1 aliphatic carbocycles. The van der Waals surface area contributed by atoms with Gasteiger partial charge in [-0.3, -0.25) is 9.59 Å². The molecule has 0 aliphatic heterocycles.